The molecule has 0 fully saturated rings. The van der Waals surface area contributed by atoms with Crippen LogP contribution in [0.25, 0.3) is 10.8 Å². The van der Waals surface area contributed by atoms with E-state index in [2.05, 4.69) is 9.47 Å². The van der Waals surface area contributed by atoms with Gasteiger partial charge in [-0.25, -0.2) is 9.59 Å². The van der Waals surface area contributed by atoms with E-state index in [0.717, 1.165) is 0 Å². The molecule has 0 atom stereocenters. The third kappa shape index (κ3) is 3.17. The van der Waals surface area contributed by atoms with E-state index in [9.17, 15) is 9.59 Å². The van der Waals surface area contributed by atoms with E-state index in [1.807, 2.05) is 0 Å². The highest BCUT2D eigenvalue weighted by Gasteiger charge is 2.18. The van der Waals surface area contributed by atoms with Gasteiger partial charge in [0.1, 0.15) is 5.75 Å². The lowest BCUT2D eigenvalue weighted by Crippen LogP contribution is -2.10. The molecule has 0 unspecified atom stereocenters. The summed E-state index contributed by atoms with van der Waals surface area (Å²) in [7, 11) is 2.38. The van der Waals surface area contributed by atoms with Gasteiger partial charge in [-0.2, -0.15) is 0 Å². The third-order valence-electron chi connectivity index (χ3n) is 2.62. The maximum absolute atomic E-state index is 11.3. The number of benzene rings is 2. The first-order valence-electron chi connectivity index (χ1n) is 5.79. The number of halogens is 1. The normalized spacial score (nSPS) is 10.0. The van der Waals surface area contributed by atoms with Crippen molar-refractivity contribution in [2.24, 2.45) is 0 Å². The molecule has 0 N–H and O–H groups in total. The van der Waals surface area contributed by atoms with Crippen LogP contribution in [0.15, 0.2) is 30.3 Å². The van der Waals surface area contributed by atoms with Crippen LogP contribution in [-0.2, 0) is 9.47 Å². The van der Waals surface area contributed by atoms with Crippen molar-refractivity contribution >= 4 is 34.7 Å². The second kappa shape index (κ2) is 6.32. The fraction of sp³-hybridized carbons (Fsp3) is 0.143. The zero-order valence-electron chi connectivity index (χ0n) is 11.2. The largest absolute Gasteiger partial charge is 0.513 e. The first-order chi connectivity index (χ1) is 10.1. The number of hydrogen-bond acceptors (Lipinski definition) is 6. The smallest absolute Gasteiger partial charge is 0.437 e. The van der Waals surface area contributed by atoms with Crippen LogP contribution in [0.3, 0.4) is 0 Å². The number of carbonyl (C=O) groups excluding carboxylic acids is 2. The van der Waals surface area contributed by atoms with Gasteiger partial charge in [0.05, 0.1) is 19.2 Å². The Labute approximate surface area is 125 Å². The molecule has 0 aliphatic heterocycles. The Morgan fingerprint density at radius 2 is 1.52 bits per heavy atom. The monoisotopic (exact) mass is 310 g/mol. The lowest BCUT2D eigenvalue weighted by molar-refractivity contribution is 0.120. The predicted molar refractivity (Wildman–Crippen MR) is 75.0 cm³/mol. The maximum atomic E-state index is 11.3. The molecule has 0 amide bonds. The number of fused-ring (bicyclic) bond motifs is 1. The van der Waals surface area contributed by atoms with Gasteiger partial charge in [-0.05, 0) is 0 Å². The van der Waals surface area contributed by atoms with Gasteiger partial charge >= 0.3 is 12.3 Å². The molecule has 0 heterocycles. The molecule has 6 nitrogen and oxygen atoms in total. The number of rotatable bonds is 2. The van der Waals surface area contributed by atoms with Gasteiger partial charge in [0.15, 0.2) is 5.75 Å². The lowest BCUT2D eigenvalue weighted by atomic mass is 10.1. The Hall–Kier alpha value is -2.47. The van der Waals surface area contributed by atoms with Gasteiger partial charge in [-0.15, -0.1) is 0 Å². The summed E-state index contributed by atoms with van der Waals surface area (Å²) >= 11 is 6.07. The fourth-order valence-corrected chi connectivity index (χ4v) is 1.97. The van der Waals surface area contributed by atoms with Gasteiger partial charge < -0.3 is 18.9 Å². The second-order valence-electron chi connectivity index (χ2n) is 3.84. The molecule has 0 aromatic heterocycles. The van der Waals surface area contributed by atoms with Crippen LogP contribution < -0.4 is 9.47 Å². The molecular weight excluding hydrogens is 300 g/mol. The molecule has 21 heavy (non-hydrogen) atoms. The van der Waals surface area contributed by atoms with Gasteiger partial charge in [0, 0.05) is 16.8 Å². The van der Waals surface area contributed by atoms with Crippen molar-refractivity contribution in [3.63, 3.8) is 0 Å². The number of carbonyl (C=O) groups is 2. The molecule has 7 heteroatoms. The minimum atomic E-state index is -0.899. The number of hydrogen-bond donors (Lipinski definition) is 0. The third-order valence-corrected chi connectivity index (χ3v) is 2.90. The van der Waals surface area contributed by atoms with E-state index in [1.54, 1.807) is 24.3 Å². The van der Waals surface area contributed by atoms with E-state index in [-0.39, 0.29) is 16.5 Å². The van der Waals surface area contributed by atoms with Crippen LogP contribution in [-0.4, -0.2) is 26.5 Å². The highest BCUT2D eigenvalue weighted by atomic mass is 35.5. The average Bonchev–Trinajstić information content (AvgIpc) is 2.50. The molecule has 0 saturated carbocycles. The molecule has 0 aliphatic rings. The second-order valence-corrected chi connectivity index (χ2v) is 4.25. The van der Waals surface area contributed by atoms with Crippen LogP contribution in [0.2, 0.25) is 5.02 Å². The summed E-state index contributed by atoms with van der Waals surface area (Å²) < 4.78 is 18.9. The minimum absolute atomic E-state index is 0.0954. The average molecular weight is 311 g/mol. The molecule has 0 radical (unpaired) electrons. The van der Waals surface area contributed by atoms with Crippen molar-refractivity contribution in [1.82, 2.24) is 0 Å². The molecular formula is C14H11ClO6. The molecule has 0 bridgehead atoms. The fourth-order valence-electron chi connectivity index (χ4n) is 1.73. The molecule has 0 spiro atoms. The van der Waals surface area contributed by atoms with Gasteiger partial charge in [0.25, 0.3) is 0 Å². The van der Waals surface area contributed by atoms with Crippen LogP contribution in [0.4, 0.5) is 9.59 Å². The van der Waals surface area contributed by atoms with Gasteiger partial charge in [-0.3, -0.25) is 0 Å². The summed E-state index contributed by atoms with van der Waals surface area (Å²) in [4.78, 5) is 22.5. The summed E-state index contributed by atoms with van der Waals surface area (Å²) in [6, 6.07) is 8.18. The molecule has 110 valence electrons. The Morgan fingerprint density at radius 3 is 2.14 bits per heavy atom. The highest BCUT2D eigenvalue weighted by Crippen LogP contribution is 2.39. The van der Waals surface area contributed by atoms with E-state index >= 15 is 0 Å². The maximum Gasteiger partial charge on any atom is 0.513 e. The molecule has 2 aromatic rings. The first-order valence-corrected chi connectivity index (χ1v) is 6.17. The van der Waals surface area contributed by atoms with Crippen molar-refractivity contribution in [2.75, 3.05) is 14.2 Å². The molecule has 0 saturated heterocycles. The van der Waals surface area contributed by atoms with Crippen molar-refractivity contribution < 1.29 is 28.5 Å². The topological polar surface area (TPSA) is 71.1 Å². The quantitative estimate of drug-likeness (QED) is 0.621. The summed E-state index contributed by atoms with van der Waals surface area (Å²) in [6.45, 7) is 0. The van der Waals surface area contributed by atoms with Gasteiger partial charge in [-0.1, -0.05) is 35.9 Å². The van der Waals surface area contributed by atoms with Gasteiger partial charge in [0.2, 0.25) is 0 Å². The highest BCUT2D eigenvalue weighted by molar-refractivity contribution is 6.33. The Morgan fingerprint density at radius 1 is 0.952 bits per heavy atom. The van der Waals surface area contributed by atoms with Crippen molar-refractivity contribution in [1.29, 1.82) is 0 Å². The van der Waals surface area contributed by atoms with E-state index < -0.39 is 12.3 Å². The van der Waals surface area contributed by atoms with Crippen molar-refractivity contribution in [2.45, 2.75) is 0 Å². The summed E-state index contributed by atoms with van der Waals surface area (Å²) in [5.74, 6) is 0.316. The lowest BCUT2D eigenvalue weighted by Gasteiger charge is -2.12. The van der Waals surface area contributed by atoms with E-state index in [0.29, 0.717) is 10.8 Å². The van der Waals surface area contributed by atoms with Crippen LogP contribution in [0, 0.1) is 0 Å². The predicted octanol–water partition coefficient (Wildman–Crippen LogP) is 3.78. The van der Waals surface area contributed by atoms with Crippen molar-refractivity contribution in [3.8, 4) is 11.5 Å². The first kappa shape index (κ1) is 14.9. The Balaban J connectivity index is 2.57. The summed E-state index contributed by atoms with van der Waals surface area (Å²) in [6.07, 6.45) is -1.78. The number of ether oxygens (including phenoxy) is 4. The SMILES string of the molecule is COC(=O)Oc1cc(Cl)c(OC(=O)OC)c2ccccc12. The summed E-state index contributed by atoms with van der Waals surface area (Å²) in [5.41, 5.74) is 0. The standard InChI is InChI=1S/C14H11ClO6/c1-18-13(16)20-11-7-10(15)12(21-14(17)19-2)9-6-4-3-5-8(9)11/h3-7H,1-2H3. The summed E-state index contributed by atoms with van der Waals surface area (Å²) in [5, 5.41) is 1.12. The van der Waals surface area contributed by atoms with E-state index in [1.165, 1.54) is 20.3 Å². The van der Waals surface area contributed by atoms with Crippen LogP contribution in [0.5, 0.6) is 11.5 Å². The molecule has 2 rings (SSSR count). The molecule has 0 aliphatic carbocycles. The number of methoxy groups -OCH3 is 2. The minimum Gasteiger partial charge on any atom is -0.437 e. The molecule has 2 aromatic carbocycles. The Bertz CT molecular complexity index is 697. The van der Waals surface area contributed by atoms with Crippen molar-refractivity contribution in [3.05, 3.63) is 35.4 Å². The Kier molecular flexibility index (Phi) is 4.49. The zero-order valence-corrected chi connectivity index (χ0v) is 12.0. The van der Waals surface area contributed by atoms with E-state index in [4.69, 9.17) is 21.1 Å². The zero-order chi connectivity index (χ0) is 15.4. The van der Waals surface area contributed by atoms with Crippen LogP contribution >= 0.6 is 11.6 Å². The van der Waals surface area contributed by atoms with Crippen LogP contribution in [0.1, 0.15) is 0 Å².